The number of hydrogen-bond donors (Lipinski definition) is 0. The van der Waals surface area contributed by atoms with Gasteiger partial charge in [-0.15, -0.1) is 0 Å². The molecule has 0 unspecified atom stereocenters. The summed E-state index contributed by atoms with van der Waals surface area (Å²) in [6, 6.07) is 30.8. The molecule has 0 saturated heterocycles. The molecule has 208 valence electrons. The highest BCUT2D eigenvalue weighted by atomic mass is 79.9. The van der Waals surface area contributed by atoms with E-state index in [1.807, 2.05) is 0 Å². The highest BCUT2D eigenvalue weighted by Crippen LogP contribution is 2.44. The first kappa shape index (κ1) is 29.2. The molecule has 0 bridgehead atoms. The van der Waals surface area contributed by atoms with Crippen LogP contribution in [0.15, 0.2) is 84.9 Å². The quantitative estimate of drug-likeness (QED) is 0.0991. The number of halogens is 4. The van der Waals surface area contributed by atoms with E-state index >= 15 is 0 Å². The Bertz CT molecular complexity index is 1740. The number of aryl methyl sites for hydroxylation is 4. The third kappa shape index (κ3) is 5.37. The van der Waals surface area contributed by atoms with E-state index in [1.165, 1.54) is 65.3 Å². The van der Waals surface area contributed by atoms with Crippen molar-refractivity contribution in [2.24, 2.45) is 0 Å². The highest BCUT2D eigenvalue weighted by Gasteiger charge is 2.20. The summed E-state index contributed by atoms with van der Waals surface area (Å²) in [6.45, 7) is 0. The van der Waals surface area contributed by atoms with Gasteiger partial charge < -0.3 is 4.74 Å². The lowest BCUT2D eigenvalue weighted by atomic mass is 9.88. The summed E-state index contributed by atoms with van der Waals surface area (Å²) < 4.78 is 7.09. The van der Waals surface area contributed by atoms with Gasteiger partial charge in [0, 0.05) is 32.1 Å². The normalized spacial score (nSPS) is 11.7. The molecule has 0 fully saturated rings. The molecule has 5 heteroatoms. The van der Waals surface area contributed by atoms with Crippen LogP contribution in [0.5, 0.6) is 11.5 Å². The van der Waals surface area contributed by atoms with Gasteiger partial charge in [-0.1, -0.05) is 137 Å². The van der Waals surface area contributed by atoms with Crippen molar-refractivity contribution >= 4 is 107 Å². The first-order chi connectivity index (χ1) is 20.2. The van der Waals surface area contributed by atoms with Crippen LogP contribution in [-0.4, -0.2) is 21.3 Å². The molecule has 0 amide bonds. The standard InChI is InChI=1S/C36H30Br4O/c37-19-15-27-23-7-1-3-9-25(23)31(17-21-39)35-29(27)11-5-13-33(35)41-34-14-6-12-30-28(16-20-38)24-8-2-4-10-26(24)32(18-22-40)36(30)34/h1-14H,15-22H2. The second-order valence-corrected chi connectivity index (χ2v) is 13.4. The van der Waals surface area contributed by atoms with Crippen LogP contribution in [-0.2, 0) is 25.7 Å². The second kappa shape index (κ2) is 13.2. The predicted molar refractivity (Wildman–Crippen MR) is 193 cm³/mol. The molecular weight excluding hydrogens is 768 g/mol. The first-order valence-electron chi connectivity index (χ1n) is 14.0. The van der Waals surface area contributed by atoms with Crippen LogP contribution in [0.25, 0.3) is 43.1 Å². The predicted octanol–water partition coefficient (Wildman–Crippen LogP) is 11.8. The number of rotatable bonds is 10. The summed E-state index contributed by atoms with van der Waals surface area (Å²) in [7, 11) is 0. The van der Waals surface area contributed by atoms with Gasteiger partial charge in [0.1, 0.15) is 11.5 Å². The van der Waals surface area contributed by atoms with Crippen LogP contribution in [0.1, 0.15) is 22.3 Å². The molecule has 0 aliphatic carbocycles. The Labute approximate surface area is 275 Å². The van der Waals surface area contributed by atoms with Crippen molar-refractivity contribution < 1.29 is 4.74 Å². The fourth-order valence-electron chi connectivity index (χ4n) is 6.49. The van der Waals surface area contributed by atoms with Crippen LogP contribution < -0.4 is 4.74 Å². The summed E-state index contributed by atoms with van der Waals surface area (Å²) in [5, 5.41) is 13.9. The Morgan fingerprint density at radius 3 is 1.05 bits per heavy atom. The van der Waals surface area contributed by atoms with Crippen molar-refractivity contribution in [3.63, 3.8) is 0 Å². The first-order valence-corrected chi connectivity index (χ1v) is 18.5. The van der Waals surface area contributed by atoms with E-state index in [0.29, 0.717) is 0 Å². The molecular formula is C36H30Br4O. The average molecular weight is 798 g/mol. The molecule has 6 aromatic carbocycles. The van der Waals surface area contributed by atoms with Gasteiger partial charge in [0.15, 0.2) is 0 Å². The van der Waals surface area contributed by atoms with Gasteiger partial charge in [-0.3, -0.25) is 0 Å². The van der Waals surface area contributed by atoms with E-state index in [9.17, 15) is 0 Å². The second-order valence-electron chi connectivity index (χ2n) is 10.2. The zero-order valence-electron chi connectivity index (χ0n) is 22.7. The van der Waals surface area contributed by atoms with Crippen molar-refractivity contribution in [2.75, 3.05) is 21.3 Å². The van der Waals surface area contributed by atoms with Crippen LogP contribution in [0.2, 0.25) is 0 Å². The summed E-state index contributed by atoms with van der Waals surface area (Å²) >= 11 is 14.9. The van der Waals surface area contributed by atoms with E-state index in [2.05, 4.69) is 149 Å². The highest BCUT2D eigenvalue weighted by molar-refractivity contribution is 9.09. The van der Waals surface area contributed by atoms with Crippen molar-refractivity contribution in [3.8, 4) is 11.5 Å². The molecule has 0 aromatic heterocycles. The maximum absolute atomic E-state index is 7.09. The Hall–Kier alpha value is -1.92. The van der Waals surface area contributed by atoms with Crippen molar-refractivity contribution in [2.45, 2.75) is 25.7 Å². The summed E-state index contributed by atoms with van der Waals surface area (Å²) in [6.07, 6.45) is 3.77. The topological polar surface area (TPSA) is 9.23 Å². The van der Waals surface area contributed by atoms with Gasteiger partial charge in [-0.05, 0) is 92.4 Å². The number of alkyl halides is 4. The minimum absolute atomic E-state index is 0.893. The third-order valence-corrected chi connectivity index (χ3v) is 9.64. The smallest absolute Gasteiger partial charge is 0.135 e. The Balaban J connectivity index is 1.67. The molecule has 0 N–H and O–H groups in total. The van der Waals surface area contributed by atoms with Crippen molar-refractivity contribution in [1.29, 1.82) is 0 Å². The monoisotopic (exact) mass is 794 g/mol. The molecule has 0 heterocycles. The van der Waals surface area contributed by atoms with Crippen LogP contribution in [0.4, 0.5) is 0 Å². The van der Waals surface area contributed by atoms with E-state index in [0.717, 1.165) is 58.5 Å². The molecule has 0 saturated carbocycles. The molecule has 0 aliphatic heterocycles. The molecule has 6 aromatic rings. The van der Waals surface area contributed by atoms with Crippen molar-refractivity contribution in [1.82, 2.24) is 0 Å². The van der Waals surface area contributed by atoms with Crippen molar-refractivity contribution in [3.05, 3.63) is 107 Å². The molecule has 6 rings (SSSR count). The van der Waals surface area contributed by atoms with Gasteiger partial charge >= 0.3 is 0 Å². The lowest BCUT2D eigenvalue weighted by molar-refractivity contribution is 0.493. The van der Waals surface area contributed by atoms with Crippen LogP contribution in [0, 0.1) is 0 Å². The average Bonchev–Trinajstić information content (AvgIpc) is 3.00. The van der Waals surface area contributed by atoms with Gasteiger partial charge in [0.25, 0.3) is 0 Å². The maximum atomic E-state index is 7.09. The van der Waals surface area contributed by atoms with Gasteiger partial charge in [-0.2, -0.15) is 0 Å². The Kier molecular flexibility index (Phi) is 9.36. The fraction of sp³-hybridized carbons (Fsp3) is 0.222. The molecule has 0 atom stereocenters. The SMILES string of the molecule is BrCCc1c2ccccc2c(CCBr)c2c(Oc3cccc4c(CCBr)c5ccccc5c(CCBr)c34)cccc12. The van der Waals surface area contributed by atoms with Crippen LogP contribution >= 0.6 is 63.7 Å². The zero-order valence-corrected chi connectivity index (χ0v) is 29.0. The molecule has 0 spiro atoms. The Morgan fingerprint density at radius 1 is 0.366 bits per heavy atom. The third-order valence-electron chi connectivity index (χ3n) is 8.06. The summed E-state index contributed by atoms with van der Waals surface area (Å²) in [5.41, 5.74) is 5.43. The molecule has 1 nitrogen and oxygen atoms in total. The minimum Gasteiger partial charge on any atom is -0.456 e. The van der Waals surface area contributed by atoms with Gasteiger partial charge in [0.2, 0.25) is 0 Å². The molecule has 41 heavy (non-hydrogen) atoms. The molecule has 0 radical (unpaired) electrons. The zero-order chi connectivity index (χ0) is 28.3. The minimum atomic E-state index is 0.893. The van der Waals surface area contributed by atoms with Crippen LogP contribution in [0.3, 0.4) is 0 Å². The summed E-state index contributed by atoms with van der Waals surface area (Å²) in [4.78, 5) is 0. The number of benzene rings is 6. The van der Waals surface area contributed by atoms with E-state index in [1.54, 1.807) is 0 Å². The van der Waals surface area contributed by atoms with E-state index in [4.69, 9.17) is 4.74 Å². The Morgan fingerprint density at radius 2 is 0.683 bits per heavy atom. The maximum Gasteiger partial charge on any atom is 0.135 e. The largest absolute Gasteiger partial charge is 0.456 e. The lowest BCUT2D eigenvalue weighted by Crippen LogP contribution is -2.01. The number of ether oxygens (including phenoxy) is 1. The fourth-order valence-corrected chi connectivity index (χ4v) is 8.08. The lowest BCUT2D eigenvalue weighted by Gasteiger charge is -2.21. The van der Waals surface area contributed by atoms with Gasteiger partial charge in [-0.25, -0.2) is 0 Å². The number of fused-ring (bicyclic) bond motifs is 4. The number of hydrogen-bond acceptors (Lipinski definition) is 1. The van der Waals surface area contributed by atoms with E-state index < -0.39 is 0 Å². The molecule has 0 aliphatic rings. The van der Waals surface area contributed by atoms with E-state index in [-0.39, 0.29) is 0 Å². The summed E-state index contributed by atoms with van der Waals surface area (Å²) in [5.74, 6) is 1.85. The van der Waals surface area contributed by atoms with Gasteiger partial charge in [0.05, 0.1) is 0 Å².